The summed E-state index contributed by atoms with van der Waals surface area (Å²) in [6.07, 6.45) is 3.45. The first kappa shape index (κ1) is 18.6. The van der Waals surface area contributed by atoms with Gasteiger partial charge in [-0.15, -0.1) is 0 Å². The van der Waals surface area contributed by atoms with Crippen molar-refractivity contribution in [1.82, 2.24) is 0 Å². The van der Waals surface area contributed by atoms with Gasteiger partial charge in [0.25, 0.3) is 0 Å². The zero-order chi connectivity index (χ0) is 19.6. The number of ketones is 4. The highest BCUT2D eigenvalue weighted by molar-refractivity contribution is 6.62. The van der Waals surface area contributed by atoms with E-state index in [1.54, 1.807) is 24.3 Å². The number of hydrogen-bond donors (Lipinski definition) is 0. The van der Waals surface area contributed by atoms with Crippen LogP contribution in [0.2, 0.25) is 0 Å². The van der Waals surface area contributed by atoms with Crippen LogP contribution in [0.1, 0.15) is 29.5 Å². The number of aryl methyl sites for hydroxylation is 1. The molecule has 0 aromatic heterocycles. The number of benzene rings is 2. The highest BCUT2D eigenvalue weighted by Crippen LogP contribution is 2.28. The number of allylic oxidation sites excluding steroid dienone is 1. The maximum absolute atomic E-state index is 12.9. The molecule has 4 nitrogen and oxygen atoms in total. The van der Waals surface area contributed by atoms with Crippen molar-refractivity contribution in [3.8, 4) is 0 Å². The Kier molecular flexibility index (Phi) is 5.21. The van der Waals surface area contributed by atoms with Gasteiger partial charge in [-0.25, -0.2) is 4.39 Å². The molecule has 0 amide bonds. The molecule has 0 radical (unpaired) electrons. The van der Waals surface area contributed by atoms with E-state index in [0.29, 0.717) is 11.1 Å². The first-order valence-electron chi connectivity index (χ1n) is 8.61. The molecule has 0 atom stereocenters. The molecule has 2 aromatic rings. The van der Waals surface area contributed by atoms with Gasteiger partial charge in [0.2, 0.25) is 23.1 Å². The molecule has 1 aliphatic rings. The van der Waals surface area contributed by atoms with Gasteiger partial charge >= 0.3 is 0 Å². The van der Waals surface area contributed by atoms with Crippen LogP contribution in [-0.4, -0.2) is 23.1 Å². The number of rotatable bonds is 4. The molecule has 1 fully saturated rings. The molecule has 0 bridgehead atoms. The van der Waals surface area contributed by atoms with Crippen LogP contribution >= 0.6 is 0 Å². The number of carbonyl (C=O) groups excluding carboxylic acids is 4. The summed E-state index contributed by atoms with van der Waals surface area (Å²) in [7, 11) is 0. The van der Waals surface area contributed by atoms with E-state index >= 15 is 0 Å². The monoisotopic (exact) mass is 364 g/mol. The summed E-state index contributed by atoms with van der Waals surface area (Å²) in [5.41, 5.74) is 1.92. The lowest BCUT2D eigenvalue weighted by molar-refractivity contribution is -0.151. The summed E-state index contributed by atoms with van der Waals surface area (Å²) >= 11 is 0. The second-order valence-corrected chi connectivity index (χ2v) is 6.37. The van der Waals surface area contributed by atoms with E-state index < -0.39 is 40.8 Å². The number of carbonyl (C=O) groups is 4. The Morgan fingerprint density at radius 1 is 0.815 bits per heavy atom. The Bertz CT molecular complexity index is 911. The zero-order valence-electron chi connectivity index (χ0n) is 14.6. The van der Waals surface area contributed by atoms with Crippen LogP contribution in [0.15, 0.2) is 54.6 Å². The third-order valence-corrected chi connectivity index (χ3v) is 4.65. The molecule has 2 aromatic carbocycles. The van der Waals surface area contributed by atoms with Gasteiger partial charge in [-0.1, -0.05) is 55.5 Å². The van der Waals surface area contributed by atoms with Crippen molar-refractivity contribution in [1.29, 1.82) is 0 Å². The molecular weight excluding hydrogens is 347 g/mol. The van der Waals surface area contributed by atoms with Gasteiger partial charge in [-0.2, -0.15) is 0 Å². The first-order valence-corrected chi connectivity index (χ1v) is 8.61. The lowest BCUT2D eigenvalue weighted by atomic mass is 9.74. The molecule has 0 heterocycles. The molecule has 136 valence electrons. The largest absolute Gasteiger partial charge is 0.290 e. The highest BCUT2D eigenvalue weighted by atomic mass is 19.1. The van der Waals surface area contributed by atoms with Crippen LogP contribution in [0, 0.1) is 11.7 Å². The van der Waals surface area contributed by atoms with Crippen LogP contribution in [0.4, 0.5) is 4.39 Å². The molecule has 27 heavy (non-hydrogen) atoms. The SMILES string of the molecule is CCc1ccc(C2C(=O)C(=O)C(C=Cc3ccc(F)cc3)C(=O)C2=O)cc1. The third-order valence-electron chi connectivity index (χ3n) is 4.65. The molecule has 3 rings (SSSR count). The van der Waals surface area contributed by atoms with E-state index in [4.69, 9.17) is 0 Å². The fourth-order valence-electron chi connectivity index (χ4n) is 3.03. The lowest BCUT2D eigenvalue weighted by Gasteiger charge is -2.22. The summed E-state index contributed by atoms with van der Waals surface area (Å²) < 4.78 is 12.9. The Hall–Kier alpha value is -3.21. The molecule has 0 spiro atoms. The molecule has 0 N–H and O–H groups in total. The van der Waals surface area contributed by atoms with Gasteiger partial charge in [0, 0.05) is 0 Å². The van der Waals surface area contributed by atoms with Crippen molar-refractivity contribution in [2.24, 2.45) is 5.92 Å². The van der Waals surface area contributed by atoms with Gasteiger partial charge in [-0.3, -0.25) is 19.2 Å². The van der Waals surface area contributed by atoms with Crippen LogP contribution in [0.25, 0.3) is 6.08 Å². The average Bonchev–Trinajstić information content (AvgIpc) is 2.68. The van der Waals surface area contributed by atoms with Crippen molar-refractivity contribution >= 4 is 29.2 Å². The van der Waals surface area contributed by atoms with Crippen LogP contribution in [0.3, 0.4) is 0 Å². The quantitative estimate of drug-likeness (QED) is 0.618. The van der Waals surface area contributed by atoms with E-state index in [9.17, 15) is 23.6 Å². The van der Waals surface area contributed by atoms with Crippen molar-refractivity contribution < 1.29 is 23.6 Å². The summed E-state index contributed by atoms with van der Waals surface area (Å²) in [6, 6.07) is 12.1. The van der Waals surface area contributed by atoms with Gasteiger partial charge in [0.05, 0.1) is 0 Å². The smallest absolute Gasteiger partial charge is 0.214 e. The summed E-state index contributed by atoms with van der Waals surface area (Å²) in [5, 5.41) is 0. The summed E-state index contributed by atoms with van der Waals surface area (Å²) in [4.78, 5) is 49.9. The minimum Gasteiger partial charge on any atom is -0.290 e. The number of halogens is 1. The van der Waals surface area contributed by atoms with Gasteiger partial charge < -0.3 is 0 Å². The van der Waals surface area contributed by atoms with E-state index in [1.165, 1.54) is 36.4 Å². The van der Waals surface area contributed by atoms with Crippen LogP contribution < -0.4 is 0 Å². The lowest BCUT2D eigenvalue weighted by Crippen LogP contribution is -2.46. The molecule has 5 heteroatoms. The van der Waals surface area contributed by atoms with Crippen molar-refractivity contribution in [3.05, 3.63) is 77.1 Å². The van der Waals surface area contributed by atoms with Crippen LogP contribution in [0.5, 0.6) is 0 Å². The fourth-order valence-corrected chi connectivity index (χ4v) is 3.03. The van der Waals surface area contributed by atoms with E-state index in [2.05, 4.69) is 0 Å². The molecular formula is C22H17FO4. The third kappa shape index (κ3) is 3.67. The summed E-state index contributed by atoms with van der Waals surface area (Å²) in [5.74, 6) is -6.77. The minimum atomic E-state index is -1.43. The Balaban J connectivity index is 1.86. The van der Waals surface area contributed by atoms with E-state index in [1.807, 2.05) is 6.92 Å². The van der Waals surface area contributed by atoms with E-state index in [0.717, 1.165) is 12.0 Å². The van der Waals surface area contributed by atoms with Gasteiger partial charge in [0.1, 0.15) is 17.7 Å². The molecule has 0 unspecified atom stereocenters. The van der Waals surface area contributed by atoms with Crippen LogP contribution in [-0.2, 0) is 25.6 Å². The second kappa shape index (κ2) is 7.58. The van der Waals surface area contributed by atoms with Crippen molar-refractivity contribution in [2.75, 3.05) is 0 Å². The zero-order valence-corrected chi connectivity index (χ0v) is 14.6. The number of hydrogen-bond acceptors (Lipinski definition) is 4. The Labute approximate surface area is 155 Å². The normalized spacial score (nSPS) is 20.5. The van der Waals surface area contributed by atoms with Gasteiger partial charge in [-0.05, 0) is 35.2 Å². The van der Waals surface area contributed by atoms with Crippen molar-refractivity contribution in [3.63, 3.8) is 0 Å². The van der Waals surface area contributed by atoms with Crippen molar-refractivity contribution in [2.45, 2.75) is 19.3 Å². The van der Waals surface area contributed by atoms with Gasteiger partial charge in [0.15, 0.2) is 0 Å². The maximum atomic E-state index is 12.9. The summed E-state index contributed by atoms with van der Waals surface area (Å²) in [6.45, 7) is 1.97. The second-order valence-electron chi connectivity index (χ2n) is 6.37. The molecule has 1 aliphatic carbocycles. The molecule has 0 saturated heterocycles. The minimum absolute atomic E-state index is 0.352. The molecule has 1 saturated carbocycles. The molecule has 0 aliphatic heterocycles. The average molecular weight is 364 g/mol. The standard InChI is InChI=1S/C22H17FO4/c1-2-13-3-8-15(9-4-13)18-21(26)19(24)17(20(25)22(18)27)12-7-14-5-10-16(23)11-6-14/h3-12,17-18H,2H2,1H3. The predicted octanol–water partition coefficient (Wildman–Crippen LogP) is 3.09. The maximum Gasteiger partial charge on any atom is 0.214 e. The predicted molar refractivity (Wildman–Crippen MR) is 97.5 cm³/mol. The Morgan fingerprint density at radius 3 is 1.89 bits per heavy atom. The topological polar surface area (TPSA) is 68.3 Å². The fraction of sp³-hybridized carbons (Fsp3) is 0.182. The van der Waals surface area contributed by atoms with E-state index in [-0.39, 0.29) is 0 Å². The number of Topliss-reactive ketones (excluding diaryl/α,β-unsaturated/α-hetero) is 4. The first-order chi connectivity index (χ1) is 12.9. The highest BCUT2D eigenvalue weighted by Gasteiger charge is 2.48. The Morgan fingerprint density at radius 2 is 1.37 bits per heavy atom.